The second kappa shape index (κ2) is 7.57. The van der Waals surface area contributed by atoms with E-state index >= 15 is 0 Å². The minimum Gasteiger partial charge on any atom is -0.461 e. The highest BCUT2D eigenvalue weighted by Crippen LogP contribution is 2.21. The molecule has 0 atom stereocenters. The molecule has 1 aromatic carbocycles. The van der Waals surface area contributed by atoms with Gasteiger partial charge in [-0.05, 0) is 25.5 Å². The van der Waals surface area contributed by atoms with Crippen molar-refractivity contribution in [1.29, 1.82) is 0 Å². The molecule has 1 fully saturated rings. The van der Waals surface area contributed by atoms with Crippen molar-refractivity contribution in [3.63, 3.8) is 0 Å². The van der Waals surface area contributed by atoms with Gasteiger partial charge in [0, 0.05) is 38.4 Å². The number of aryl methyl sites for hydroxylation is 1. The van der Waals surface area contributed by atoms with Crippen molar-refractivity contribution >= 4 is 11.7 Å². The number of aromatic amines is 2. The van der Waals surface area contributed by atoms with E-state index in [1.54, 1.807) is 6.92 Å². The van der Waals surface area contributed by atoms with Crippen LogP contribution in [0.1, 0.15) is 28.7 Å². The maximum atomic E-state index is 12.0. The SMILES string of the molecule is CCOC(=O)c1[nH]c(=O)[nH]c1CN1CCN(c2ccccc2C)CC1. The number of carbonyl (C=O) groups excluding carboxylic acids is 1. The number of aromatic nitrogens is 2. The van der Waals surface area contributed by atoms with E-state index < -0.39 is 5.97 Å². The number of rotatable bonds is 5. The van der Waals surface area contributed by atoms with Crippen molar-refractivity contribution in [3.8, 4) is 0 Å². The lowest BCUT2D eigenvalue weighted by atomic mass is 10.1. The van der Waals surface area contributed by atoms with Crippen LogP contribution in [-0.4, -0.2) is 53.6 Å². The quantitative estimate of drug-likeness (QED) is 0.804. The number of para-hydroxylation sites is 1. The summed E-state index contributed by atoms with van der Waals surface area (Å²) in [6, 6.07) is 8.38. The molecule has 0 bridgehead atoms. The van der Waals surface area contributed by atoms with Crippen molar-refractivity contribution in [2.45, 2.75) is 20.4 Å². The van der Waals surface area contributed by atoms with Gasteiger partial charge in [0.2, 0.25) is 0 Å². The lowest BCUT2D eigenvalue weighted by Gasteiger charge is -2.36. The fourth-order valence-corrected chi connectivity index (χ4v) is 3.20. The van der Waals surface area contributed by atoms with Crippen molar-refractivity contribution in [2.75, 3.05) is 37.7 Å². The van der Waals surface area contributed by atoms with Crippen molar-refractivity contribution in [3.05, 3.63) is 51.7 Å². The van der Waals surface area contributed by atoms with Gasteiger partial charge in [0.1, 0.15) is 5.69 Å². The van der Waals surface area contributed by atoms with Gasteiger partial charge in [0.05, 0.1) is 12.3 Å². The summed E-state index contributed by atoms with van der Waals surface area (Å²) in [5.74, 6) is -0.491. The third-order valence-corrected chi connectivity index (χ3v) is 4.49. The zero-order valence-corrected chi connectivity index (χ0v) is 14.7. The number of piperazine rings is 1. The molecule has 25 heavy (non-hydrogen) atoms. The van der Waals surface area contributed by atoms with Crippen LogP contribution in [-0.2, 0) is 11.3 Å². The fourth-order valence-electron chi connectivity index (χ4n) is 3.20. The molecule has 0 radical (unpaired) electrons. The average molecular weight is 344 g/mol. The van der Waals surface area contributed by atoms with Crippen LogP contribution < -0.4 is 10.6 Å². The highest BCUT2D eigenvalue weighted by Gasteiger charge is 2.22. The summed E-state index contributed by atoms with van der Waals surface area (Å²) in [6.45, 7) is 8.22. The molecule has 1 aliphatic heterocycles. The van der Waals surface area contributed by atoms with Crippen LogP contribution in [0.25, 0.3) is 0 Å². The maximum absolute atomic E-state index is 12.0. The number of anilines is 1. The summed E-state index contributed by atoms with van der Waals surface area (Å²) in [4.78, 5) is 33.4. The Morgan fingerprint density at radius 1 is 1.16 bits per heavy atom. The molecule has 2 aromatic rings. The van der Waals surface area contributed by atoms with Gasteiger partial charge in [0.15, 0.2) is 0 Å². The van der Waals surface area contributed by atoms with E-state index in [0.717, 1.165) is 26.2 Å². The number of carbonyl (C=O) groups is 1. The number of H-pyrrole nitrogens is 2. The van der Waals surface area contributed by atoms with Gasteiger partial charge >= 0.3 is 11.7 Å². The third-order valence-electron chi connectivity index (χ3n) is 4.49. The molecule has 1 aliphatic rings. The van der Waals surface area contributed by atoms with Crippen LogP contribution in [0, 0.1) is 6.92 Å². The largest absolute Gasteiger partial charge is 0.461 e. The highest BCUT2D eigenvalue weighted by atomic mass is 16.5. The fraction of sp³-hybridized carbons (Fsp3) is 0.444. The predicted octanol–water partition coefficient (Wildman–Crippen LogP) is 1.51. The Kier molecular flexibility index (Phi) is 5.23. The molecule has 1 saturated heterocycles. The number of ether oxygens (including phenoxy) is 1. The number of nitrogens with one attached hydrogen (secondary N) is 2. The molecule has 134 valence electrons. The summed E-state index contributed by atoms with van der Waals surface area (Å²) in [7, 11) is 0. The highest BCUT2D eigenvalue weighted by molar-refractivity contribution is 5.88. The van der Waals surface area contributed by atoms with E-state index in [1.165, 1.54) is 11.3 Å². The lowest BCUT2D eigenvalue weighted by Crippen LogP contribution is -2.46. The van der Waals surface area contributed by atoms with Gasteiger partial charge < -0.3 is 14.6 Å². The van der Waals surface area contributed by atoms with Crippen LogP contribution in [0.15, 0.2) is 29.1 Å². The molecule has 2 N–H and O–H groups in total. The Morgan fingerprint density at radius 2 is 1.88 bits per heavy atom. The van der Waals surface area contributed by atoms with Crippen LogP contribution >= 0.6 is 0 Å². The van der Waals surface area contributed by atoms with Gasteiger partial charge in [-0.3, -0.25) is 9.88 Å². The summed E-state index contributed by atoms with van der Waals surface area (Å²) in [5.41, 5.74) is 2.98. The van der Waals surface area contributed by atoms with Crippen molar-refractivity contribution in [2.24, 2.45) is 0 Å². The van der Waals surface area contributed by atoms with E-state index in [4.69, 9.17) is 4.74 Å². The number of hydrogen-bond acceptors (Lipinski definition) is 5. The summed E-state index contributed by atoms with van der Waals surface area (Å²) < 4.78 is 5.00. The van der Waals surface area contributed by atoms with E-state index in [9.17, 15) is 9.59 Å². The second-order valence-electron chi connectivity index (χ2n) is 6.20. The van der Waals surface area contributed by atoms with Gasteiger partial charge in [-0.25, -0.2) is 9.59 Å². The number of esters is 1. The van der Waals surface area contributed by atoms with Gasteiger partial charge in [0.25, 0.3) is 0 Å². The molecule has 0 aliphatic carbocycles. The molecule has 1 aromatic heterocycles. The van der Waals surface area contributed by atoms with Crippen LogP contribution in [0.5, 0.6) is 0 Å². The second-order valence-corrected chi connectivity index (χ2v) is 6.20. The first-order valence-electron chi connectivity index (χ1n) is 8.59. The molecule has 0 amide bonds. The number of hydrogen-bond donors (Lipinski definition) is 2. The van der Waals surface area contributed by atoms with Crippen LogP contribution in [0.4, 0.5) is 5.69 Å². The topological polar surface area (TPSA) is 81.4 Å². The number of nitrogens with zero attached hydrogens (tertiary/aromatic N) is 2. The van der Waals surface area contributed by atoms with E-state index in [-0.39, 0.29) is 18.0 Å². The Morgan fingerprint density at radius 3 is 2.56 bits per heavy atom. The van der Waals surface area contributed by atoms with Gasteiger partial charge in [-0.15, -0.1) is 0 Å². The maximum Gasteiger partial charge on any atom is 0.356 e. The lowest BCUT2D eigenvalue weighted by molar-refractivity contribution is 0.0517. The van der Waals surface area contributed by atoms with E-state index in [0.29, 0.717) is 12.2 Å². The Labute approximate surface area is 146 Å². The molecular weight excluding hydrogens is 320 g/mol. The first kappa shape index (κ1) is 17.3. The van der Waals surface area contributed by atoms with Crippen LogP contribution in [0.3, 0.4) is 0 Å². The Hall–Kier alpha value is -2.54. The minimum absolute atomic E-state index is 0.230. The monoisotopic (exact) mass is 344 g/mol. The first-order chi connectivity index (χ1) is 12.1. The van der Waals surface area contributed by atoms with E-state index in [2.05, 4.69) is 44.9 Å². The molecule has 0 saturated carbocycles. The van der Waals surface area contributed by atoms with Crippen molar-refractivity contribution in [1.82, 2.24) is 14.9 Å². The Bertz CT molecular complexity index is 788. The molecular formula is C18H24N4O3. The van der Waals surface area contributed by atoms with Crippen molar-refractivity contribution < 1.29 is 9.53 Å². The van der Waals surface area contributed by atoms with Gasteiger partial charge in [-0.2, -0.15) is 0 Å². The molecule has 7 heteroatoms. The third kappa shape index (κ3) is 3.93. The Balaban J connectivity index is 1.64. The van der Waals surface area contributed by atoms with Gasteiger partial charge in [-0.1, -0.05) is 18.2 Å². The molecule has 0 spiro atoms. The molecule has 3 rings (SSSR count). The summed E-state index contributed by atoms with van der Waals surface area (Å²) in [5, 5.41) is 0. The standard InChI is InChI=1S/C18H24N4O3/c1-3-25-17(23)16-14(19-18(24)20-16)12-21-8-10-22(11-9-21)15-7-5-4-6-13(15)2/h4-7H,3,8-12H2,1-2H3,(H2,19,20,24). The number of imidazole rings is 1. The number of benzene rings is 1. The van der Waals surface area contributed by atoms with E-state index in [1.807, 2.05) is 6.07 Å². The molecule has 0 unspecified atom stereocenters. The smallest absolute Gasteiger partial charge is 0.356 e. The first-order valence-corrected chi connectivity index (χ1v) is 8.59. The predicted molar refractivity (Wildman–Crippen MR) is 96.0 cm³/mol. The summed E-state index contributed by atoms with van der Waals surface area (Å²) in [6.07, 6.45) is 0. The average Bonchev–Trinajstić information content (AvgIpc) is 2.97. The zero-order valence-electron chi connectivity index (χ0n) is 14.7. The summed E-state index contributed by atoms with van der Waals surface area (Å²) >= 11 is 0. The molecule has 7 nitrogen and oxygen atoms in total. The normalized spacial score (nSPS) is 15.4. The molecule has 2 heterocycles. The minimum atomic E-state index is -0.491. The van der Waals surface area contributed by atoms with Crippen LogP contribution in [0.2, 0.25) is 0 Å². The zero-order chi connectivity index (χ0) is 17.8.